The molecular formula is C32H32N2. The van der Waals surface area contributed by atoms with Gasteiger partial charge in [-0.1, -0.05) is 109 Å². The van der Waals surface area contributed by atoms with Crippen molar-refractivity contribution in [2.75, 3.05) is 6.54 Å². The van der Waals surface area contributed by atoms with E-state index < -0.39 is 0 Å². The van der Waals surface area contributed by atoms with Crippen LogP contribution in [0.15, 0.2) is 115 Å². The summed E-state index contributed by atoms with van der Waals surface area (Å²) in [5, 5.41) is 1.37. The third-order valence-corrected chi connectivity index (χ3v) is 6.58. The van der Waals surface area contributed by atoms with Crippen LogP contribution in [0.4, 0.5) is 0 Å². The summed E-state index contributed by atoms with van der Waals surface area (Å²) >= 11 is 0. The highest BCUT2D eigenvalue weighted by Crippen LogP contribution is 2.25. The number of hydrogen-bond donors (Lipinski definition) is 1. The fourth-order valence-electron chi connectivity index (χ4n) is 4.84. The molecular weight excluding hydrogens is 412 g/mol. The predicted octanol–water partition coefficient (Wildman–Crippen LogP) is 7.20. The molecule has 5 rings (SSSR count). The van der Waals surface area contributed by atoms with Crippen molar-refractivity contribution in [3.8, 4) is 0 Å². The Bertz CT molecular complexity index is 1250. The van der Waals surface area contributed by atoms with Crippen molar-refractivity contribution >= 4 is 10.9 Å². The second-order valence-electron chi connectivity index (χ2n) is 9.05. The van der Waals surface area contributed by atoms with Crippen LogP contribution in [0, 0.1) is 0 Å². The topological polar surface area (TPSA) is 19.0 Å². The highest BCUT2D eigenvalue weighted by atomic mass is 15.1. The number of aromatic nitrogens is 1. The van der Waals surface area contributed by atoms with Gasteiger partial charge in [0.25, 0.3) is 0 Å². The first-order chi connectivity index (χ1) is 16.8. The van der Waals surface area contributed by atoms with Crippen LogP contribution in [0.5, 0.6) is 0 Å². The van der Waals surface area contributed by atoms with Crippen molar-refractivity contribution < 1.29 is 0 Å². The molecule has 2 heteroatoms. The highest BCUT2D eigenvalue weighted by molar-refractivity contribution is 5.84. The maximum atomic E-state index is 3.74. The SMILES string of the molecule is c1ccc(CCc2[nH]c3ccccc3c2CCN(Cc2ccccc2)Cc2ccccc2)cc1. The summed E-state index contributed by atoms with van der Waals surface area (Å²) in [5.41, 5.74) is 8.21. The number of hydrogen-bond acceptors (Lipinski definition) is 1. The van der Waals surface area contributed by atoms with Crippen molar-refractivity contribution in [2.45, 2.75) is 32.4 Å². The lowest BCUT2D eigenvalue weighted by molar-refractivity contribution is 0.260. The zero-order chi connectivity index (χ0) is 23.0. The molecule has 2 nitrogen and oxygen atoms in total. The summed E-state index contributed by atoms with van der Waals surface area (Å²) in [6.45, 7) is 2.93. The van der Waals surface area contributed by atoms with Gasteiger partial charge in [-0.2, -0.15) is 0 Å². The van der Waals surface area contributed by atoms with E-state index >= 15 is 0 Å². The normalized spacial score (nSPS) is 11.3. The van der Waals surface area contributed by atoms with Gasteiger partial charge in [-0.15, -0.1) is 0 Å². The van der Waals surface area contributed by atoms with Gasteiger partial charge in [-0.3, -0.25) is 4.90 Å². The summed E-state index contributed by atoms with van der Waals surface area (Å²) < 4.78 is 0. The fourth-order valence-corrected chi connectivity index (χ4v) is 4.84. The number of rotatable bonds is 10. The first-order valence-corrected chi connectivity index (χ1v) is 12.3. The van der Waals surface area contributed by atoms with E-state index in [1.54, 1.807) is 0 Å². The minimum atomic E-state index is 0.956. The van der Waals surface area contributed by atoms with E-state index in [0.717, 1.165) is 38.9 Å². The highest BCUT2D eigenvalue weighted by Gasteiger charge is 2.14. The monoisotopic (exact) mass is 444 g/mol. The van der Waals surface area contributed by atoms with Crippen LogP contribution in [0.3, 0.4) is 0 Å². The van der Waals surface area contributed by atoms with Crippen molar-refractivity contribution in [1.82, 2.24) is 9.88 Å². The Labute approximate surface area is 202 Å². The minimum absolute atomic E-state index is 0.956. The minimum Gasteiger partial charge on any atom is -0.358 e. The summed E-state index contributed by atoms with van der Waals surface area (Å²) in [7, 11) is 0. The molecule has 0 aliphatic heterocycles. The van der Waals surface area contributed by atoms with Crippen LogP contribution in [-0.4, -0.2) is 16.4 Å². The number of para-hydroxylation sites is 1. The van der Waals surface area contributed by atoms with Gasteiger partial charge in [-0.25, -0.2) is 0 Å². The van der Waals surface area contributed by atoms with Gasteiger partial charge in [0.2, 0.25) is 0 Å². The van der Waals surface area contributed by atoms with E-state index in [1.807, 2.05) is 0 Å². The Hall–Kier alpha value is -3.62. The van der Waals surface area contributed by atoms with Gasteiger partial charge in [0, 0.05) is 36.2 Å². The molecule has 5 aromatic rings. The third kappa shape index (κ3) is 5.65. The third-order valence-electron chi connectivity index (χ3n) is 6.58. The van der Waals surface area contributed by atoms with Gasteiger partial charge in [0.05, 0.1) is 0 Å². The van der Waals surface area contributed by atoms with E-state index in [-0.39, 0.29) is 0 Å². The van der Waals surface area contributed by atoms with Gasteiger partial charge < -0.3 is 4.98 Å². The largest absolute Gasteiger partial charge is 0.358 e. The molecule has 0 unspecified atom stereocenters. The molecule has 34 heavy (non-hydrogen) atoms. The van der Waals surface area contributed by atoms with E-state index in [2.05, 4.69) is 125 Å². The number of fused-ring (bicyclic) bond motifs is 1. The van der Waals surface area contributed by atoms with Crippen LogP contribution in [-0.2, 0) is 32.4 Å². The van der Waals surface area contributed by atoms with E-state index in [0.29, 0.717) is 0 Å². The number of nitrogens with zero attached hydrogens (tertiary/aromatic N) is 1. The molecule has 0 spiro atoms. The van der Waals surface area contributed by atoms with Crippen molar-refractivity contribution in [1.29, 1.82) is 0 Å². The summed E-state index contributed by atoms with van der Waals surface area (Å²) in [4.78, 5) is 6.32. The Morgan fingerprint density at radius 1 is 0.500 bits per heavy atom. The van der Waals surface area contributed by atoms with Crippen LogP contribution in [0.2, 0.25) is 0 Å². The van der Waals surface area contributed by atoms with Crippen LogP contribution in [0.1, 0.15) is 27.9 Å². The van der Waals surface area contributed by atoms with Crippen LogP contribution >= 0.6 is 0 Å². The number of aryl methyl sites for hydroxylation is 2. The summed E-state index contributed by atoms with van der Waals surface area (Å²) in [6.07, 6.45) is 3.12. The van der Waals surface area contributed by atoms with E-state index in [9.17, 15) is 0 Å². The zero-order valence-electron chi connectivity index (χ0n) is 19.7. The quantitative estimate of drug-likeness (QED) is 0.241. The molecule has 0 atom stereocenters. The molecule has 170 valence electrons. The Morgan fingerprint density at radius 3 is 1.65 bits per heavy atom. The molecule has 1 aromatic heterocycles. The molecule has 1 N–H and O–H groups in total. The maximum absolute atomic E-state index is 3.74. The Kier molecular flexibility index (Phi) is 7.18. The van der Waals surface area contributed by atoms with E-state index in [4.69, 9.17) is 0 Å². The molecule has 0 aliphatic carbocycles. The van der Waals surface area contributed by atoms with Crippen molar-refractivity contribution in [3.05, 3.63) is 143 Å². The molecule has 4 aromatic carbocycles. The Morgan fingerprint density at radius 2 is 1.03 bits per heavy atom. The number of aromatic amines is 1. The van der Waals surface area contributed by atoms with Gasteiger partial charge in [-0.05, 0) is 47.6 Å². The van der Waals surface area contributed by atoms with Crippen LogP contribution < -0.4 is 0 Å². The molecule has 0 bridgehead atoms. The lowest BCUT2D eigenvalue weighted by Crippen LogP contribution is -2.25. The fraction of sp³-hybridized carbons (Fsp3) is 0.188. The average molecular weight is 445 g/mol. The molecule has 0 saturated carbocycles. The number of nitrogens with one attached hydrogen (secondary N) is 1. The average Bonchev–Trinajstić information content (AvgIpc) is 3.25. The molecule has 0 amide bonds. The first-order valence-electron chi connectivity index (χ1n) is 12.3. The summed E-state index contributed by atoms with van der Waals surface area (Å²) in [6, 6.07) is 41.2. The van der Waals surface area contributed by atoms with Gasteiger partial charge in [0.1, 0.15) is 0 Å². The molecule has 1 heterocycles. The van der Waals surface area contributed by atoms with Crippen LogP contribution in [0.25, 0.3) is 10.9 Å². The molecule has 0 radical (unpaired) electrons. The Balaban J connectivity index is 1.37. The van der Waals surface area contributed by atoms with Gasteiger partial charge >= 0.3 is 0 Å². The number of H-pyrrole nitrogens is 1. The zero-order valence-corrected chi connectivity index (χ0v) is 19.7. The predicted molar refractivity (Wildman–Crippen MR) is 143 cm³/mol. The standard InChI is InChI=1S/C32H32N2/c1-4-12-26(13-5-1)20-21-32-30(29-18-10-11-19-31(29)33-32)22-23-34(24-27-14-6-2-7-15-27)25-28-16-8-3-9-17-28/h1-19,33H,20-25H2. The molecule has 0 saturated heterocycles. The van der Waals surface area contributed by atoms with Crippen molar-refractivity contribution in [2.24, 2.45) is 0 Å². The lowest BCUT2D eigenvalue weighted by Gasteiger charge is -2.23. The second kappa shape index (κ2) is 11.0. The number of benzene rings is 4. The smallest absolute Gasteiger partial charge is 0.0458 e. The van der Waals surface area contributed by atoms with E-state index in [1.165, 1.54) is 38.9 Å². The lowest BCUT2D eigenvalue weighted by atomic mass is 10.0. The maximum Gasteiger partial charge on any atom is 0.0458 e. The molecule has 0 fully saturated rings. The van der Waals surface area contributed by atoms with Crippen molar-refractivity contribution in [3.63, 3.8) is 0 Å². The summed E-state index contributed by atoms with van der Waals surface area (Å²) in [5.74, 6) is 0. The van der Waals surface area contributed by atoms with Gasteiger partial charge in [0.15, 0.2) is 0 Å². The molecule has 0 aliphatic rings. The first kappa shape index (κ1) is 22.2. The second-order valence-corrected chi connectivity index (χ2v) is 9.05.